The van der Waals surface area contributed by atoms with E-state index in [0.717, 1.165) is 5.56 Å². The van der Waals surface area contributed by atoms with Crippen LogP contribution in [0.15, 0.2) is 34.9 Å². The van der Waals surface area contributed by atoms with Gasteiger partial charge in [-0.25, -0.2) is 0 Å². The molecule has 0 bridgehead atoms. The Bertz CT molecular complexity index is 638. The topological polar surface area (TPSA) is 60.6 Å². The molecule has 2 heterocycles. The largest absolute Gasteiger partial charge is 0.379 e. The summed E-state index contributed by atoms with van der Waals surface area (Å²) in [5.41, 5.74) is 0.868. The maximum atomic E-state index is 5.90. The average Bonchev–Trinajstić information content (AvgIpc) is 2.99. The first kappa shape index (κ1) is 17.1. The monoisotopic (exact) mass is 331 g/mol. The van der Waals surface area contributed by atoms with Crippen LogP contribution in [0.5, 0.6) is 0 Å². The molecule has 0 unspecified atom stereocenters. The average molecular weight is 331 g/mol. The molecule has 24 heavy (non-hydrogen) atoms. The minimum Gasteiger partial charge on any atom is -0.379 e. The minimum atomic E-state index is -0.285. The van der Waals surface area contributed by atoms with Crippen LogP contribution in [-0.2, 0) is 28.0 Å². The highest BCUT2D eigenvalue weighted by atomic mass is 16.5. The van der Waals surface area contributed by atoms with Crippen molar-refractivity contribution in [1.29, 1.82) is 0 Å². The van der Waals surface area contributed by atoms with E-state index >= 15 is 0 Å². The molecule has 0 saturated carbocycles. The van der Waals surface area contributed by atoms with E-state index in [0.29, 0.717) is 50.7 Å². The van der Waals surface area contributed by atoms with Gasteiger partial charge < -0.3 is 14.0 Å². The molecule has 0 N–H and O–H groups in total. The van der Waals surface area contributed by atoms with Crippen LogP contribution in [0, 0.1) is 0 Å². The second-order valence-electron chi connectivity index (χ2n) is 6.77. The van der Waals surface area contributed by atoms with Crippen LogP contribution in [0.25, 0.3) is 0 Å². The van der Waals surface area contributed by atoms with E-state index < -0.39 is 0 Å². The molecular formula is C18H25N3O3. The summed E-state index contributed by atoms with van der Waals surface area (Å²) in [6.45, 7) is 7.16. The van der Waals surface area contributed by atoms with Crippen molar-refractivity contribution in [2.24, 2.45) is 0 Å². The zero-order valence-corrected chi connectivity index (χ0v) is 14.6. The van der Waals surface area contributed by atoms with Crippen molar-refractivity contribution < 1.29 is 14.0 Å². The van der Waals surface area contributed by atoms with E-state index in [4.69, 9.17) is 14.0 Å². The molecule has 6 nitrogen and oxygen atoms in total. The summed E-state index contributed by atoms with van der Waals surface area (Å²) in [6.07, 6.45) is 0. The van der Waals surface area contributed by atoms with Crippen molar-refractivity contribution >= 4 is 0 Å². The van der Waals surface area contributed by atoms with Crippen molar-refractivity contribution in [3.63, 3.8) is 0 Å². The summed E-state index contributed by atoms with van der Waals surface area (Å²) in [6, 6.07) is 10.6. The van der Waals surface area contributed by atoms with Gasteiger partial charge in [-0.3, -0.25) is 4.90 Å². The summed E-state index contributed by atoms with van der Waals surface area (Å²) in [5.74, 6) is 1.32. The molecule has 0 aliphatic carbocycles. The molecule has 130 valence electrons. The Hall–Kier alpha value is -1.76. The number of benzene rings is 1. The quantitative estimate of drug-likeness (QED) is 0.740. The van der Waals surface area contributed by atoms with Crippen molar-refractivity contribution in [3.8, 4) is 0 Å². The van der Waals surface area contributed by atoms with Crippen molar-refractivity contribution in [1.82, 2.24) is 15.0 Å². The minimum absolute atomic E-state index is 0.285. The second-order valence-corrected chi connectivity index (χ2v) is 6.77. The lowest BCUT2D eigenvalue weighted by atomic mass is 9.86. The second kappa shape index (κ2) is 7.42. The highest BCUT2D eigenvalue weighted by Crippen LogP contribution is 2.31. The highest BCUT2D eigenvalue weighted by Gasteiger charge is 2.45. The Morgan fingerprint density at radius 2 is 2.00 bits per heavy atom. The molecule has 6 heteroatoms. The van der Waals surface area contributed by atoms with Gasteiger partial charge in [-0.2, -0.15) is 4.98 Å². The van der Waals surface area contributed by atoms with E-state index in [1.807, 2.05) is 25.2 Å². The lowest BCUT2D eigenvalue weighted by Gasteiger charge is -2.38. The van der Waals surface area contributed by atoms with Crippen molar-refractivity contribution in [2.75, 3.05) is 26.9 Å². The fourth-order valence-corrected chi connectivity index (χ4v) is 2.49. The summed E-state index contributed by atoms with van der Waals surface area (Å²) in [4.78, 5) is 6.73. The number of hydrogen-bond acceptors (Lipinski definition) is 6. The third kappa shape index (κ3) is 3.83. The number of nitrogens with zero attached hydrogens (tertiary/aromatic N) is 3. The normalized spacial score (nSPS) is 16.5. The molecule has 0 spiro atoms. The van der Waals surface area contributed by atoms with Gasteiger partial charge >= 0.3 is 0 Å². The molecule has 1 aromatic carbocycles. The van der Waals surface area contributed by atoms with Crippen LogP contribution in [-0.4, -0.2) is 48.0 Å². The summed E-state index contributed by atoms with van der Waals surface area (Å²) in [5, 5.41) is 4.18. The van der Waals surface area contributed by atoms with Crippen LogP contribution in [0.2, 0.25) is 0 Å². The van der Waals surface area contributed by atoms with Gasteiger partial charge in [0.2, 0.25) is 5.89 Å². The Morgan fingerprint density at radius 3 is 2.62 bits per heavy atom. The van der Waals surface area contributed by atoms with E-state index in [-0.39, 0.29) is 5.41 Å². The van der Waals surface area contributed by atoms with E-state index in [2.05, 4.69) is 41.0 Å². The smallest absolute Gasteiger partial charge is 0.240 e. The standard InChI is InChI=1S/C18H25N3O3/c1-14(2)21(3)9-16-19-17(20-24-16)18(12-23-13-18)11-22-10-15-7-5-4-6-8-15/h4-8,14H,9-13H2,1-3H3. The van der Waals surface area contributed by atoms with Crippen molar-refractivity contribution in [2.45, 2.75) is 38.5 Å². The molecule has 1 aromatic heterocycles. The first-order valence-corrected chi connectivity index (χ1v) is 8.32. The molecule has 0 amide bonds. The molecule has 3 rings (SSSR count). The van der Waals surface area contributed by atoms with E-state index in [9.17, 15) is 0 Å². The van der Waals surface area contributed by atoms with Gasteiger partial charge in [0.15, 0.2) is 5.82 Å². The lowest BCUT2D eigenvalue weighted by Crippen LogP contribution is -2.51. The molecule has 1 fully saturated rings. The fourth-order valence-electron chi connectivity index (χ4n) is 2.49. The first-order chi connectivity index (χ1) is 11.6. The Balaban J connectivity index is 1.60. The van der Waals surface area contributed by atoms with Crippen LogP contribution >= 0.6 is 0 Å². The van der Waals surface area contributed by atoms with Crippen LogP contribution in [0.4, 0.5) is 0 Å². The third-order valence-electron chi connectivity index (χ3n) is 4.46. The molecule has 0 atom stereocenters. The van der Waals surface area contributed by atoms with Crippen LogP contribution in [0.1, 0.15) is 31.1 Å². The number of rotatable bonds is 8. The first-order valence-electron chi connectivity index (χ1n) is 8.32. The Labute approximate surface area is 142 Å². The zero-order chi connectivity index (χ0) is 17.0. The maximum absolute atomic E-state index is 5.90. The van der Waals surface area contributed by atoms with Crippen molar-refractivity contribution in [3.05, 3.63) is 47.6 Å². The third-order valence-corrected chi connectivity index (χ3v) is 4.46. The SMILES string of the molecule is CC(C)N(C)Cc1nc(C2(COCc3ccccc3)COC2)no1. The highest BCUT2D eigenvalue weighted by molar-refractivity contribution is 5.15. The molecule has 2 aromatic rings. The number of ether oxygens (including phenoxy) is 2. The molecule has 1 saturated heterocycles. The Kier molecular flexibility index (Phi) is 5.28. The predicted molar refractivity (Wildman–Crippen MR) is 89.5 cm³/mol. The predicted octanol–water partition coefficient (Wildman–Crippen LogP) is 2.39. The van der Waals surface area contributed by atoms with Gasteiger partial charge in [0, 0.05) is 6.04 Å². The summed E-state index contributed by atoms with van der Waals surface area (Å²) < 4.78 is 16.7. The van der Waals surface area contributed by atoms with Gasteiger partial charge in [-0.1, -0.05) is 35.5 Å². The summed E-state index contributed by atoms with van der Waals surface area (Å²) >= 11 is 0. The summed E-state index contributed by atoms with van der Waals surface area (Å²) in [7, 11) is 2.04. The Morgan fingerprint density at radius 1 is 1.25 bits per heavy atom. The molecular weight excluding hydrogens is 306 g/mol. The maximum Gasteiger partial charge on any atom is 0.240 e. The van der Waals surface area contributed by atoms with Gasteiger partial charge in [-0.05, 0) is 26.5 Å². The van der Waals surface area contributed by atoms with Crippen LogP contribution < -0.4 is 0 Å². The molecule has 1 aliphatic heterocycles. The fraction of sp³-hybridized carbons (Fsp3) is 0.556. The molecule has 0 radical (unpaired) electrons. The molecule has 1 aliphatic rings. The van der Waals surface area contributed by atoms with Gasteiger partial charge in [0.1, 0.15) is 5.41 Å². The number of aromatic nitrogens is 2. The van der Waals surface area contributed by atoms with Gasteiger partial charge in [0.25, 0.3) is 0 Å². The van der Waals surface area contributed by atoms with Gasteiger partial charge in [0.05, 0.1) is 33.0 Å². The van der Waals surface area contributed by atoms with Gasteiger partial charge in [-0.15, -0.1) is 0 Å². The number of hydrogen-bond donors (Lipinski definition) is 0. The lowest BCUT2D eigenvalue weighted by molar-refractivity contribution is -0.106. The van der Waals surface area contributed by atoms with E-state index in [1.54, 1.807) is 0 Å². The van der Waals surface area contributed by atoms with Crippen LogP contribution in [0.3, 0.4) is 0 Å². The zero-order valence-electron chi connectivity index (χ0n) is 14.6. The van der Waals surface area contributed by atoms with E-state index in [1.165, 1.54) is 0 Å².